The summed E-state index contributed by atoms with van der Waals surface area (Å²) in [6, 6.07) is 3.55. The van der Waals surface area contributed by atoms with Crippen LogP contribution in [0.5, 0.6) is 5.88 Å². The van der Waals surface area contributed by atoms with Crippen LogP contribution in [0.3, 0.4) is 0 Å². The van der Waals surface area contributed by atoms with Gasteiger partial charge in [-0.25, -0.2) is 9.78 Å². The molecule has 0 bridgehead atoms. The lowest BCUT2D eigenvalue weighted by atomic mass is 10.4. The van der Waals surface area contributed by atoms with Crippen molar-refractivity contribution >= 4 is 34.6 Å². The molecule has 0 atom stereocenters. The van der Waals surface area contributed by atoms with Crippen molar-refractivity contribution in [2.45, 2.75) is 0 Å². The van der Waals surface area contributed by atoms with E-state index in [1.54, 1.807) is 12.3 Å². The molecule has 0 fully saturated rings. The maximum absolute atomic E-state index is 11.3. The molecule has 0 aliphatic carbocycles. The molecule has 0 aromatic carbocycles. The highest BCUT2D eigenvalue weighted by Crippen LogP contribution is 2.09. The number of carboxylic acid groups (broad SMARTS) is 1. The number of carbonyl (C=O) groups excluding carboxylic acids is 1. The molecular weight excluding hydrogens is 417 g/mol. The Hall–Kier alpha value is -1.88. The maximum atomic E-state index is 11.3. The number of hydrogen-bond acceptors (Lipinski definition) is 5. The van der Waals surface area contributed by atoms with Crippen LogP contribution in [0.2, 0.25) is 0 Å². The third kappa shape index (κ3) is 8.35. The minimum atomic E-state index is -1.11. The summed E-state index contributed by atoms with van der Waals surface area (Å²) in [6.45, 7) is 0.370. The quantitative estimate of drug-likeness (QED) is 0.389. The van der Waals surface area contributed by atoms with E-state index in [4.69, 9.17) is 14.9 Å². The van der Waals surface area contributed by atoms with E-state index in [9.17, 15) is 9.59 Å². The van der Waals surface area contributed by atoms with Crippen molar-refractivity contribution in [2.24, 2.45) is 0 Å². The van der Waals surface area contributed by atoms with E-state index >= 15 is 0 Å². The molecule has 3 N–H and O–H groups in total. The smallest absolute Gasteiger partial charge is 0.407 e. The fraction of sp³-hybridized carbons (Fsp3) is 0.357. The third-order valence-electron chi connectivity index (χ3n) is 2.59. The first-order valence-electron chi connectivity index (χ1n) is 6.80. The van der Waals surface area contributed by atoms with Gasteiger partial charge in [-0.3, -0.25) is 4.79 Å². The lowest BCUT2D eigenvalue weighted by Gasteiger charge is -2.17. The Labute approximate surface area is 147 Å². The molecule has 0 saturated heterocycles. The van der Waals surface area contributed by atoms with E-state index in [1.165, 1.54) is 12.2 Å². The number of hydrogen-bond donors (Lipinski definition) is 3. The first-order valence-corrected chi connectivity index (χ1v) is 7.88. The van der Waals surface area contributed by atoms with Gasteiger partial charge in [0.25, 0.3) is 0 Å². The molecule has 0 saturated carbocycles. The zero-order valence-electron chi connectivity index (χ0n) is 12.3. The number of rotatable bonds is 9. The van der Waals surface area contributed by atoms with Crippen LogP contribution in [0.15, 0.2) is 30.5 Å². The summed E-state index contributed by atoms with van der Waals surface area (Å²) in [4.78, 5) is 27.6. The van der Waals surface area contributed by atoms with E-state index in [1.807, 2.05) is 6.07 Å². The van der Waals surface area contributed by atoms with Crippen molar-refractivity contribution in [1.82, 2.24) is 15.2 Å². The van der Waals surface area contributed by atoms with Gasteiger partial charge in [-0.1, -0.05) is 6.08 Å². The average Bonchev–Trinajstić information content (AvgIpc) is 2.53. The van der Waals surface area contributed by atoms with Gasteiger partial charge in [0.15, 0.2) is 0 Å². The van der Waals surface area contributed by atoms with E-state index in [0.717, 1.165) is 8.47 Å². The van der Waals surface area contributed by atoms with Crippen LogP contribution in [-0.2, 0) is 4.79 Å². The lowest BCUT2D eigenvalue weighted by Crippen LogP contribution is -2.33. The van der Waals surface area contributed by atoms with Crippen molar-refractivity contribution in [1.29, 1.82) is 0 Å². The van der Waals surface area contributed by atoms with E-state index in [2.05, 4.69) is 32.9 Å². The number of halogens is 1. The van der Waals surface area contributed by atoms with Crippen LogP contribution in [0.4, 0.5) is 4.79 Å². The third-order valence-corrected chi connectivity index (χ3v) is 3.23. The molecule has 0 radical (unpaired) electrons. The average molecular weight is 435 g/mol. The normalized spacial score (nSPS) is 10.5. The second-order valence-corrected chi connectivity index (χ2v) is 5.55. The number of nitrogens with zero attached hydrogens (tertiary/aromatic N) is 2. The van der Waals surface area contributed by atoms with Crippen LogP contribution in [0, 0.1) is 3.57 Å². The summed E-state index contributed by atoms with van der Waals surface area (Å²) < 4.78 is 6.35. The molecule has 1 aromatic heterocycles. The van der Waals surface area contributed by atoms with E-state index < -0.39 is 6.09 Å². The van der Waals surface area contributed by atoms with Crippen molar-refractivity contribution in [3.8, 4) is 5.88 Å². The van der Waals surface area contributed by atoms with E-state index in [0.29, 0.717) is 5.88 Å². The summed E-state index contributed by atoms with van der Waals surface area (Å²) in [6.07, 6.45) is 3.21. The number of amides is 2. The van der Waals surface area contributed by atoms with Gasteiger partial charge < -0.3 is 25.2 Å². The molecule has 0 unspecified atom stereocenters. The maximum Gasteiger partial charge on any atom is 0.407 e. The van der Waals surface area contributed by atoms with Gasteiger partial charge in [0.05, 0.1) is 13.2 Å². The van der Waals surface area contributed by atoms with Crippen molar-refractivity contribution < 1.29 is 24.5 Å². The standard InChI is InChI=1S/C14H18IN3O5/c15-11-3-4-13(17-10-11)23-9-7-18(14(21)22)6-1-2-12(20)16-5-8-19/h1-4,10,19H,5-9H2,(H,16,20)(H,21,22). The Morgan fingerprint density at radius 1 is 1.43 bits per heavy atom. The van der Waals surface area contributed by atoms with Gasteiger partial charge in [-0.2, -0.15) is 0 Å². The van der Waals surface area contributed by atoms with Gasteiger partial charge >= 0.3 is 6.09 Å². The highest BCUT2D eigenvalue weighted by molar-refractivity contribution is 14.1. The van der Waals surface area contributed by atoms with Crippen LogP contribution in [-0.4, -0.2) is 64.9 Å². The monoisotopic (exact) mass is 435 g/mol. The molecule has 0 aliphatic heterocycles. The first kappa shape index (κ1) is 19.2. The molecule has 8 nitrogen and oxygen atoms in total. The van der Waals surface area contributed by atoms with Gasteiger partial charge in [-0.15, -0.1) is 0 Å². The van der Waals surface area contributed by atoms with Gasteiger partial charge in [-0.05, 0) is 28.7 Å². The molecule has 9 heteroatoms. The summed E-state index contributed by atoms with van der Waals surface area (Å²) >= 11 is 2.12. The second-order valence-electron chi connectivity index (χ2n) is 4.31. The molecule has 1 rings (SSSR count). The zero-order valence-corrected chi connectivity index (χ0v) is 14.5. The number of carbonyl (C=O) groups is 2. The Morgan fingerprint density at radius 2 is 2.22 bits per heavy atom. The highest BCUT2D eigenvalue weighted by Gasteiger charge is 2.10. The summed E-state index contributed by atoms with van der Waals surface area (Å²) in [5.74, 6) is 0.0402. The molecule has 1 heterocycles. The van der Waals surface area contributed by atoms with Crippen molar-refractivity contribution in [3.63, 3.8) is 0 Å². The van der Waals surface area contributed by atoms with Crippen molar-refractivity contribution in [2.75, 3.05) is 32.8 Å². The highest BCUT2D eigenvalue weighted by atomic mass is 127. The topological polar surface area (TPSA) is 112 Å². The number of ether oxygens (including phenoxy) is 1. The van der Waals surface area contributed by atoms with Crippen LogP contribution in [0.25, 0.3) is 0 Å². The van der Waals surface area contributed by atoms with E-state index in [-0.39, 0.29) is 38.8 Å². The lowest BCUT2D eigenvalue weighted by molar-refractivity contribution is -0.116. The SMILES string of the molecule is O=C(C=CCN(CCOc1ccc(I)cn1)C(=O)O)NCCO. The van der Waals surface area contributed by atoms with Crippen LogP contribution >= 0.6 is 22.6 Å². The van der Waals surface area contributed by atoms with Gasteiger partial charge in [0.1, 0.15) is 6.61 Å². The Kier molecular flexibility index (Phi) is 8.98. The number of aliphatic hydroxyl groups is 1. The number of nitrogens with one attached hydrogen (secondary N) is 1. The largest absolute Gasteiger partial charge is 0.476 e. The summed E-state index contributed by atoms with van der Waals surface area (Å²) in [5, 5.41) is 20.1. The molecule has 0 aliphatic rings. The second kappa shape index (κ2) is 10.8. The predicted molar refractivity (Wildman–Crippen MR) is 91.3 cm³/mol. The predicted octanol–water partition coefficient (Wildman–Crippen LogP) is 0.710. The molecular formula is C14H18IN3O5. The Bertz CT molecular complexity index is 536. The van der Waals surface area contributed by atoms with Crippen molar-refractivity contribution in [3.05, 3.63) is 34.1 Å². The minimum Gasteiger partial charge on any atom is -0.476 e. The zero-order chi connectivity index (χ0) is 17.1. The molecule has 1 aromatic rings. The van der Waals surface area contributed by atoms with Crippen LogP contribution < -0.4 is 10.1 Å². The van der Waals surface area contributed by atoms with Gasteiger partial charge in [0, 0.05) is 35.0 Å². The Morgan fingerprint density at radius 3 is 2.83 bits per heavy atom. The fourth-order valence-electron chi connectivity index (χ4n) is 1.50. The molecule has 23 heavy (non-hydrogen) atoms. The Balaban J connectivity index is 2.37. The number of aliphatic hydroxyl groups excluding tert-OH is 1. The molecule has 2 amide bonds. The molecule has 126 valence electrons. The number of aromatic nitrogens is 1. The molecule has 0 spiro atoms. The first-order chi connectivity index (χ1) is 11.0. The summed E-state index contributed by atoms with van der Waals surface area (Å²) in [7, 11) is 0. The fourth-order valence-corrected chi connectivity index (χ4v) is 1.82. The summed E-state index contributed by atoms with van der Waals surface area (Å²) in [5.41, 5.74) is 0. The number of pyridine rings is 1. The van der Waals surface area contributed by atoms with Gasteiger partial charge in [0.2, 0.25) is 11.8 Å². The minimum absolute atomic E-state index is 0.0609. The van der Waals surface area contributed by atoms with Crippen LogP contribution in [0.1, 0.15) is 0 Å².